The summed E-state index contributed by atoms with van der Waals surface area (Å²) in [5.74, 6) is -1.90. The number of hydrogen-bond donors (Lipinski definition) is 3. The Labute approximate surface area is 172 Å². The van der Waals surface area contributed by atoms with E-state index in [1.165, 1.54) is 6.20 Å². The van der Waals surface area contributed by atoms with Gasteiger partial charge in [-0.25, -0.2) is 9.18 Å². The van der Waals surface area contributed by atoms with Crippen LogP contribution in [0.1, 0.15) is 42.1 Å². The lowest BCUT2D eigenvalue weighted by Crippen LogP contribution is -2.40. The van der Waals surface area contributed by atoms with E-state index in [1.54, 1.807) is 4.57 Å². The molecule has 1 saturated carbocycles. The summed E-state index contributed by atoms with van der Waals surface area (Å²) in [5, 5.41) is 23.8. The van der Waals surface area contributed by atoms with Crippen LogP contribution in [0.4, 0.5) is 10.1 Å². The number of anilines is 1. The molecule has 2 aliphatic heterocycles. The number of rotatable bonds is 3. The monoisotopic (exact) mass is 423 g/mol. The molecule has 3 N–H and O–H groups in total. The van der Waals surface area contributed by atoms with Crippen molar-refractivity contribution >= 4 is 35.0 Å². The number of fused-ring (bicyclic) bond motifs is 2. The summed E-state index contributed by atoms with van der Waals surface area (Å²) in [5.41, 5.74) is -0.823. The van der Waals surface area contributed by atoms with Gasteiger partial charge in [0.05, 0.1) is 10.9 Å². The smallest absolute Gasteiger partial charge is 0.341 e. The summed E-state index contributed by atoms with van der Waals surface area (Å²) in [6.45, 7) is 2.19. The van der Waals surface area contributed by atoms with Crippen LogP contribution in [-0.4, -0.2) is 46.4 Å². The highest BCUT2D eigenvalue weighted by Gasteiger charge is 2.37. The first-order valence-corrected chi connectivity index (χ1v) is 9.77. The van der Waals surface area contributed by atoms with Crippen LogP contribution in [0.5, 0.6) is 5.75 Å². The highest BCUT2D eigenvalue weighted by molar-refractivity contribution is 5.97. The molecule has 9 heteroatoms. The van der Waals surface area contributed by atoms with Gasteiger partial charge in [0, 0.05) is 31.4 Å². The van der Waals surface area contributed by atoms with Gasteiger partial charge < -0.3 is 25.0 Å². The number of nitrogens with one attached hydrogen (secondary N) is 1. The molecule has 2 aromatic rings. The van der Waals surface area contributed by atoms with Crippen LogP contribution in [0.15, 0.2) is 17.1 Å². The van der Waals surface area contributed by atoms with Crippen molar-refractivity contribution < 1.29 is 19.4 Å². The summed E-state index contributed by atoms with van der Waals surface area (Å²) in [4.78, 5) is 25.9. The number of pyridine rings is 1. The van der Waals surface area contributed by atoms with Crippen LogP contribution in [0.25, 0.3) is 10.9 Å². The van der Waals surface area contributed by atoms with Gasteiger partial charge in [-0.05, 0) is 44.2 Å². The molecule has 7 nitrogen and oxygen atoms in total. The van der Waals surface area contributed by atoms with Crippen molar-refractivity contribution in [1.29, 1.82) is 0 Å². The number of aromatic nitrogens is 1. The zero-order valence-corrected chi connectivity index (χ0v) is 16.5. The van der Waals surface area contributed by atoms with Crippen molar-refractivity contribution in [3.05, 3.63) is 33.9 Å². The number of carboxylic acids is 1. The third-order valence-corrected chi connectivity index (χ3v) is 6.30. The van der Waals surface area contributed by atoms with Crippen molar-refractivity contribution in [3.8, 4) is 5.75 Å². The maximum Gasteiger partial charge on any atom is 0.341 e. The van der Waals surface area contributed by atoms with E-state index in [2.05, 4.69) is 5.32 Å². The maximum absolute atomic E-state index is 15.1. The quantitative estimate of drug-likeness (QED) is 0.702. The number of piperidine rings is 1. The summed E-state index contributed by atoms with van der Waals surface area (Å²) in [7, 11) is 0. The van der Waals surface area contributed by atoms with Gasteiger partial charge in [0.15, 0.2) is 11.6 Å². The normalized spacial score (nSPS) is 23.7. The summed E-state index contributed by atoms with van der Waals surface area (Å²) in [6.07, 6.45) is 5.11. The average Bonchev–Trinajstić information content (AvgIpc) is 3.41. The number of nitrogens with zero attached hydrogens (tertiary/aromatic N) is 2. The second-order valence-corrected chi connectivity index (χ2v) is 8.14. The number of carboxylic acid groups (broad SMARTS) is 1. The minimum absolute atomic E-state index is 0. The van der Waals surface area contributed by atoms with E-state index >= 15 is 4.39 Å². The van der Waals surface area contributed by atoms with E-state index in [1.807, 2.05) is 4.90 Å². The Bertz CT molecular complexity index is 1040. The molecular weight excluding hydrogens is 401 g/mol. The Balaban J connectivity index is 0.00000205. The Morgan fingerprint density at radius 2 is 2.00 bits per heavy atom. The van der Waals surface area contributed by atoms with Crippen LogP contribution >= 0.6 is 12.4 Å². The van der Waals surface area contributed by atoms with E-state index in [0.717, 1.165) is 38.3 Å². The molecular formula is C20H23ClFN3O4. The van der Waals surface area contributed by atoms with Crippen molar-refractivity contribution in [2.24, 2.45) is 5.92 Å². The van der Waals surface area contributed by atoms with E-state index in [0.29, 0.717) is 19.0 Å². The lowest BCUT2D eigenvalue weighted by atomic mass is 9.94. The molecule has 3 fully saturated rings. The summed E-state index contributed by atoms with van der Waals surface area (Å²) < 4.78 is 16.7. The molecule has 1 aliphatic carbocycles. The third kappa shape index (κ3) is 3.14. The molecule has 5 rings (SSSR count). The van der Waals surface area contributed by atoms with Crippen molar-refractivity contribution in [2.75, 3.05) is 24.5 Å². The summed E-state index contributed by atoms with van der Waals surface area (Å²) in [6, 6.07) is 1.38. The minimum Gasteiger partial charge on any atom is -0.504 e. The molecule has 3 heterocycles. The Kier molecular flexibility index (Phi) is 4.94. The molecule has 29 heavy (non-hydrogen) atoms. The Morgan fingerprint density at radius 1 is 1.24 bits per heavy atom. The van der Waals surface area contributed by atoms with Gasteiger partial charge in [-0.1, -0.05) is 0 Å². The molecule has 0 unspecified atom stereocenters. The van der Waals surface area contributed by atoms with E-state index in [9.17, 15) is 19.8 Å². The van der Waals surface area contributed by atoms with Crippen molar-refractivity contribution in [1.82, 2.24) is 9.88 Å². The largest absolute Gasteiger partial charge is 0.504 e. The number of phenols is 1. The number of aromatic hydroxyl groups is 1. The Morgan fingerprint density at radius 3 is 2.66 bits per heavy atom. The first kappa shape index (κ1) is 20.0. The molecule has 2 atom stereocenters. The lowest BCUT2D eigenvalue weighted by Gasteiger charge is -2.24. The fourth-order valence-corrected chi connectivity index (χ4v) is 4.78. The number of benzene rings is 1. The fourth-order valence-electron chi connectivity index (χ4n) is 4.78. The van der Waals surface area contributed by atoms with Gasteiger partial charge in [0.1, 0.15) is 11.3 Å². The lowest BCUT2D eigenvalue weighted by molar-refractivity contribution is 0.0694. The molecule has 1 aromatic carbocycles. The van der Waals surface area contributed by atoms with Crippen LogP contribution in [-0.2, 0) is 0 Å². The van der Waals surface area contributed by atoms with Gasteiger partial charge in [-0.3, -0.25) is 4.79 Å². The minimum atomic E-state index is -1.35. The van der Waals surface area contributed by atoms with Crippen LogP contribution in [0.2, 0.25) is 0 Å². The van der Waals surface area contributed by atoms with E-state index in [4.69, 9.17) is 0 Å². The number of phenolic OH excluding ortho intramolecular Hbond substituents is 1. The third-order valence-electron chi connectivity index (χ3n) is 6.30. The van der Waals surface area contributed by atoms with Crippen molar-refractivity contribution in [2.45, 2.75) is 37.8 Å². The highest BCUT2D eigenvalue weighted by atomic mass is 35.5. The zero-order valence-electron chi connectivity index (χ0n) is 15.7. The van der Waals surface area contributed by atoms with Crippen LogP contribution in [0, 0.1) is 11.7 Å². The molecule has 0 radical (unpaired) electrons. The fraction of sp³-hybridized carbons (Fsp3) is 0.500. The van der Waals surface area contributed by atoms with Gasteiger partial charge in [0.25, 0.3) is 0 Å². The number of carbonyl (C=O) groups is 1. The number of hydrogen-bond acceptors (Lipinski definition) is 5. The highest BCUT2D eigenvalue weighted by Crippen LogP contribution is 2.44. The SMILES string of the molecule is Cl.O=C(O)c1cn(C2CC2)c2c(O)c(N3C[C@@H]4CCCN[C@@H]4C3)c(F)cc2c1=O. The van der Waals surface area contributed by atoms with Crippen LogP contribution < -0.4 is 15.6 Å². The molecule has 0 amide bonds. The number of aromatic carboxylic acids is 1. The standard InChI is InChI=1S/C20H22FN3O4.ClH/c21-14-6-12-16(24(11-3-4-11)8-13(18(12)25)20(27)28)19(26)17(14)23-7-10-2-1-5-22-15(10)9-23;/h6,8,10-11,15,22,26H,1-5,7,9H2,(H,27,28);1H/t10-,15+;/m0./s1. The van der Waals surface area contributed by atoms with E-state index < -0.39 is 22.8 Å². The van der Waals surface area contributed by atoms with Gasteiger partial charge in [-0.15, -0.1) is 12.4 Å². The second-order valence-electron chi connectivity index (χ2n) is 8.14. The van der Waals surface area contributed by atoms with Crippen molar-refractivity contribution in [3.63, 3.8) is 0 Å². The molecule has 1 aromatic heterocycles. The number of halogens is 2. The second kappa shape index (κ2) is 7.18. The average molecular weight is 424 g/mol. The van der Waals surface area contributed by atoms with Gasteiger partial charge in [0.2, 0.25) is 5.43 Å². The molecule has 0 spiro atoms. The van der Waals surface area contributed by atoms with Gasteiger partial charge in [-0.2, -0.15) is 0 Å². The molecule has 0 bridgehead atoms. The molecule has 3 aliphatic rings. The zero-order chi connectivity index (χ0) is 19.6. The first-order valence-electron chi connectivity index (χ1n) is 9.77. The van der Waals surface area contributed by atoms with Crippen LogP contribution in [0.3, 0.4) is 0 Å². The predicted molar refractivity (Wildman–Crippen MR) is 109 cm³/mol. The Hall–Kier alpha value is -2.32. The maximum atomic E-state index is 15.1. The van der Waals surface area contributed by atoms with E-state index in [-0.39, 0.29) is 46.8 Å². The first-order chi connectivity index (χ1) is 13.5. The topological polar surface area (TPSA) is 94.8 Å². The molecule has 2 saturated heterocycles. The molecule has 156 valence electrons. The van der Waals surface area contributed by atoms with Gasteiger partial charge >= 0.3 is 5.97 Å². The predicted octanol–water partition coefficient (Wildman–Crippen LogP) is 2.49. The summed E-state index contributed by atoms with van der Waals surface area (Å²) >= 11 is 0.